The van der Waals surface area contributed by atoms with Gasteiger partial charge in [-0.2, -0.15) is 0 Å². The van der Waals surface area contributed by atoms with Gasteiger partial charge in [0, 0.05) is 30.7 Å². The maximum atomic E-state index is 13.2. The summed E-state index contributed by atoms with van der Waals surface area (Å²) in [6.07, 6.45) is 2.71. The Balaban J connectivity index is 1.61. The van der Waals surface area contributed by atoms with Gasteiger partial charge in [0.05, 0.1) is 5.56 Å². The topological polar surface area (TPSA) is 66.9 Å². The number of carbonyl (C=O) groups excluding carboxylic acids is 1. The number of hydrogen-bond acceptors (Lipinski definition) is 4. The Morgan fingerprint density at radius 3 is 2.36 bits per heavy atom. The normalized spacial score (nSPS) is 10.3. The van der Waals surface area contributed by atoms with Gasteiger partial charge in [-0.15, -0.1) is 0 Å². The predicted molar refractivity (Wildman–Crippen MR) is 89.3 cm³/mol. The van der Waals surface area contributed by atoms with Crippen molar-refractivity contribution in [3.8, 4) is 0 Å². The third-order valence-corrected chi connectivity index (χ3v) is 3.39. The van der Waals surface area contributed by atoms with Gasteiger partial charge in [-0.1, -0.05) is 30.3 Å². The van der Waals surface area contributed by atoms with Crippen LogP contribution in [0.25, 0.3) is 0 Å². The Kier molecular flexibility index (Phi) is 4.94. The molecule has 0 atom stereocenters. The third kappa shape index (κ3) is 4.35. The number of benzene rings is 2. The van der Waals surface area contributed by atoms with Crippen LogP contribution in [0.1, 0.15) is 15.9 Å². The van der Waals surface area contributed by atoms with E-state index in [2.05, 4.69) is 20.6 Å². The molecule has 126 valence electrons. The highest BCUT2D eigenvalue weighted by Crippen LogP contribution is 2.16. The molecule has 0 bridgehead atoms. The third-order valence-electron chi connectivity index (χ3n) is 3.39. The van der Waals surface area contributed by atoms with E-state index in [0.717, 1.165) is 17.7 Å². The van der Waals surface area contributed by atoms with E-state index in [4.69, 9.17) is 0 Å². The molecule has 0 aliphatic heterocycles. The first kappa shape index (κ1) is 16.5. The number of amides is 1. The molecule has 0 unspecified atom stereocenters. The van der Waals surface area contributed by atoms with Crippen LogP contribution in [0, 0.1) is 11.6 Å². The van der Waals surface area contributed by atoms with E-state index in [0.29, 0.717) is 17.8 Å². The molecular formula is C18H14F2N4O. The zero-order chi connectivity index (χ0) is 17.6. The van der Waals surface area contributed by atoms with Gasteiger partial charge in [-0.3, -0.25) is 4.79 Å². The van der Waals surface area contributed by atoms with Crippen LogP contribution in [0.4, 0.5) is 20.4 Å². The second kappa shape index (κ2) is 7.48. The van der Waals surface area contributed by atoms with Crippen molar-refractivity contribution in [2.75, 3.05) is 5.32 Å². The number of rotatable bonds is 5. The maximum absolute atomic E-state index is 13.2. The van der Waals surface area contributed by atoms with Crippen LogP contribution in [-0.2, 0) is 6.54 Å². The van der Waals surface area contributed by atoms with Gasteiger partial charge >= 0.3 is 0 Å². The molecule has 2 N–H and O–H groups in total. The summed E-state index contributed by atoms with van der Waals surface area (Å²) in [7, 11) is 0. The molecule has 3 aromatic rings. The molecule has 0 saturated heterocycles. The lowest BCUT2D eigenvalue weighted by molar-refractivity contribution is 0.0950. The molecule has 3 rings (SSSR count). The van der Waals surface area contributed by atoms with Crippen LogP contribution in [0.3, 0.4) is 0 Å². The van der Waals surface area contributed by atoms with E-state index in [1.165, 1.54) is 18.5 Å². The van der Waals surface area contributed by atoms with Gasteiger partial charge in [0.2, 0.25) is 5.95 Å². The maximum Gasteiger partial charge on any atom is 0.254 e. The molecule has 0 spiro atoms. The van der Waals surface area contributed by atoms with Crippen LogP contribution < -0.4 is 10.6 Å². The van der Waals surface area contributed by atoms with Crippen molar-refractivity contribution < 1.29 is 13.6 Å². The molecular weight excluding hydrogens is 326 g/mol. The lowest BCUT2D eigenvalue weighted by Crippen LogP contribution is -2.23. The lowest BCUT2D eigenvalue weighted by atomic mass is 10.2. The lowest BCUT2D eigenvalue weighted by Gasteiger charge is -2.07. The highest BCUT2D eigenvalue weighted by atomic mass is 19.2. The van der Waals surface area contributed by atoms with Crippen molar-refractivity contribution in [2.45, 2.75) is 6.54 Å². The first-order valence-corrected chi connectivity index (χ1v) is 7.48. The molecule has 0 fully saturated rings. The summed E-state index contributed by atoms with van der Waals surface area (Å²) in [5, 5.41) is 5.50. The molecule has 0 radical (unpaired) electrons. The number of nitrogens with one attached hydrogen (secondary N) is 2. The Hall–Kier alpha value is -3.35. The van der Waals surface area contributed by atoms with E-state index in [1.807, 2.05) is 30.3 Å². The predicted octanol–water partition coefficient (Wildman–Crippen LogP) is 3.43. The van der Waals surface area contributed by atoms with E-state index < -0.39 is 11.6 Å². The summed E-state index contributed by atoms with van der Waals surface area (Å²) in [6.45, 7) is 0.397. The Bertz CT molecular complexity index is 870. The summed E-state index contributed by atoms with van der Waals surface area (Å²) >= 11 is 0. The molecule has 2 aromatic carbocycles. The van der Waals surface area contributed by atoms with Crippen LogP contribution in [0.5, 0.6) is 0 Å². The minimum absolute atomic E-state index is 0.172. The first-order chi connectivity index (χ1) is 12.1. The number of halogens is 2. The highest BCUT2D eigenvalue weighted by Gasteiger charge is 2.08. The second-order valence-corrected chi connectivity index (χ2v) is 5.22. The van der Waals surface area contributed by atoms with Gasteiger partial charge in [-0.25, -0.2) is 18.7 Å². The van der Waals surface area contributed by atoms with Crippen molar-refractivity contribution in [2.24, 2.45) is 0 Å². The summed E-state index contributed by atoms with van der Waals surface area (Å²) < 4.78 is 26.1. The molecule has 0 aliphatic carbocycles. The van der Waals surface area contributed by atoms with Crippen molar-refractivity contribution in [1.82, 2.24) is 15.3 Å². The smallest absolute Gasteiger partial charge is 0.254 e. The zero-order valence-electron chi connectivity index (χ0n) is 13.0. The summed E-state index contributed by atoms with van der Waals surface area (Å²) in [5.41, 5.74) is 1.58. The van der Waals surface area contributed by atoms with Crippen LogP contribution in [0.15, 0.2) is 60.9 Å². The number of hydrogen-bond donors (Lipinski definition) is 2. The van der Waals surface area contributed by atoms with Crippen LogP contribution in [-0.4, -0.2) is 15.9 Å². The van der Waals surface area contributed by atoms with E-state index in [9.17, 15) is 13.6 Å². The average molecular weight is 340 g/mol. The SMILES string of the molecule is O=C(NCc1ccccc1)c1cnc(Nc2ccc(F)c(F)c2)nc1. The largest absolute Gasteiger partial charge is 0.348 e. The van der Waals surface area contributed by atoms with Gasteiger partial charge in [0.1, 0.15) is 0 Å². The summed E-state index contributed by atoms with van der Waals surface area (Å²) in [5.74, 6) is -2.03. The molecule has 1 aromatic heterocycles. The van der Waals surface area contributed by atoms with E-state index in [-0.39, 0.29) is 11.9 Å². The molecule has 25 heavy (non-hydrogen) atoms. The monoisotopic (exact) mass is 340 g/mol. The summed E-state index contributed by atoms with van der Waals surface area (Å²) in [4.78, 5) is 20.1. The second-order valence-electron chi connectivity index (χ2n) is 5.22. The van der Waals surface area contributed by atoms with E-state index in [1.54, 1.807) is 0 Å². The van der Waals surface area contributed by atoms with Crippen molar-refractivity contribution in [3.63, 3.8) is 0 Å². The van der Waals surface area contributed by atoms with Crippen molar-refractivity contribution in [3.05, 3.63) is 83.7 Å². The minimum Gasteiger partial charge on any atom is -0.348 e. The molecule has 0 aliphatic rings. The van der Waals surface area contributed by atoms with Crippen LogP contribution >= 0.6 is 0 Å². The van der Waals surface area contributed by atoms with Gasteiger partial charge in [-0.05, 0) is 17.7 Å². The zero-order valence-corrected chi connectivity index (χ0v) is 13.0. The molecule has 7 heteroatoms. The minimum atomic E-state index is -0.970. The number of anilines is 2. The summed E-state index contributed by atoms with van der Waals surface area (Å²) in [6, 6.07) is 12.9. The molecule has 5 nitrogen and oxygen atoms in total. The fraction of sp³-hybridized carbons (Fsp3) is 0.0556. The molecule has 1 amide bonds. The van der Waals surface area contributed by atoms with Gasteiger partial charge < -0.3 is 10.6 Å². The van der Waals surface area contributed by atoms with E-state index >= 15 is 0 Å². The number of aromatic nitrogens is 2. The van der Waals surface area contributed by atoms with Crippen molar-refractivity contribution >= 4 is 17.5 Å². The van der Waals surface area contributed by atoms with Crippen LogP contribution in [0.2, 0.25) is 0 Å². The Morgan fingerprint density at radius 2 is 1.68 bits per heavy atom. The first-order valence-electron chi connectivity index (χ1n) is 7.48. The Labute approximate surface area is 142 Å². The highest BCUT2D eigenvalue weighted by molar-refractivity contribution is 5.93. The quantitative estimate of drug-likeness (QED) is 0.747. The van der Waals surface area contributed by atoms with Gasteiger partial charge in [0.25, 0.3) is 5.91 Å². The number of nitrogens with zero attached hydrogens (tertiary/aromatic N) is 2. The Morgan fingerprint density at radius 1 is 0.960 bits per heavy atom. The van der Waals surface area contributed by atoms with Crippen molar-refractivity contribution in [1.29, 1.82) is 0 Å². The average Bonchev–Trinajstić information content (AvgIpc) is 2.64. The standard InChI is InChI=1S/C18H14F2N4O/c19-15-7-6-14(8-16(15)20)24-18-22-10-13(11-23-18)17(25)21-9-12-4-2-1-3-5-12/h1-8,10-11H,9H2,(H,21,25)(H,22,23,24). The fourth-order valence-corrected chi connectivity index (χ4v) is 2.09. The fourth-order valence-electron chi connectivity index (χ4n) is 2.09. The van der Waals surface area contributed by atoms with Gasteiger partial charge in [0.15, 0.2) is 11.6 Å². The number of carbonyl (C=O) groups is 1. The molecule has 1 heterocycles. The molecule has 0 saturated carbocycles.